The van der Waals surface area contributed by atoms with E-state index in [1.807, 2.05) is 0 Å². The van der Waals surface area contributed by atoms with Crippen LogP contribution in [0.25, 0.3) is 0 Å². The summed E-state index contributed by atoms with van der Waals surface area (Å²) in [6, 6.07) is 0. The summed E-state index contributed by atoms with van der Waals surface area (Å²) >= 11 is 0. The van der Waals surface area contributed by atoms with E-state index in [4.69, 9.17) is 9.47 Å². The number of hydrogen-bond acceptors (Lipinski definition) is 4. The van der Waals surface area contributed by atoms with E-state index in [9.17, 15) is 0 Å². The second-order valence-corrected chi connectivity index (χ2v) is 6.91. The van der Waals surface area contributed by atoms with Crippen LogP contribution >= 0.6 is 0 Å². The Balaban J connectivity index is 1.26. The van der Waals surface area contributed by atoms with Crippen LogP contribution in [0, 0.1) is 0 Å². The van der Waals surface area contributed by atoms with Gasteiger partial charge < -0.3 is 14.4 Å². The highest BCUT2D eigenvalue weighted by Gasteiger charge is 2.25. The molecule has 2 aliphatic heterocycles. The molecule has 2 heterocycles. The third kappa shape index (κ3) is 5.20. The molecule has 1 N–H and O–H groups in total. The molecule has 3 aliphatic rings. The van der Waals surface area contributed by atoms with Crippen molar-refractivity contribution in [2.75, 3.05) is 32.8 Å². The summed E-state index contributed by atoms with van der Waals surface area (Å²) in [7, 11) is 0. The average molecular weight is 296 g/mol. The smallest absolute Gasteiger partial charge is 0.108 e. The Morgan fingerprint density at radius 2 is 1.67 bits per heavy atom. The first kappa shape index (κ1) is 15.7. The van der Waals surface area contributed by atoms with Crippen molar-refractivity contribution >= 4 is 0 Å². The highest BCUT2D eigenvalue weighted by molar-refractivity contribution is 4.76. The molecule has 1 saturated carbocycles. The highest BCUT2D eigenvalue weighted by atomic mass is 16.5. The maximum Gasteiger partial charge on any atom is 0.108 e. The van der Waals surface area contributed by atoms with Crippen molar-refractivity contribution in [1.82, 2.24) is 10.2 Å². The lowest BCUT2D eigenvalue weighted by molar-refractivity contribution is -0.0747. The Labute approximate surface area is 129 Å². The summed E-state index contributed by atoms with van der Waals surface area (Å²) in [5, 5.41) is 3.52. The first-order valence-electron chi connectivity index (χ1n) is 9.13. The lowest BCUT2D eigenvalue weighted by Gasteiger charge is -2.33. The summed E-state index contributed by atoms with van der Waals surface area (Å²) < 4.78 is 12.2. The van der Waals surface area contributed by atoms with Gasteiger partial charge in [-0.1, -0.05) is 19.3 Å². The van der Waals surface area contributed by atoms with E-state index in [2.05, 4.69) is 10.2 Å². The molecule has 0 amide bonds. The number of rotatable bonds is 6. The molecule has 2 atom stereocenters. The third-order valence-corrected chi connectivity index (χ3v) is 5.19. The third-order valence-electron chi connectivity index (χ3n) is 5.19. The summed E-state index contributed by atoms with van der Waals surface area (Å²) in [6.45, 7) is 5.45. The van der Waals surface area contributed by atoms with Gasteiger partial charge >= 0.3 is 0 Å². The van der Waals surface area contributed by atoms with E-state index >= 15 is 0 Å². The van der Waals surface area contributed by atoms with Crippen molar-refractivity contribution in [2.24, 2.45) is 0 Å². The minimum atomic E-state index is 0.249. The molecular weight excluding hydrogens is 264 g/mol. The molecule has 0 radical (unpaired) electrons. The number of hydrogen-bond donors (Lipinski definition) is 1. The van der Waals surface area contributed by atoms with Crippen LogP contribution in [-0.2, 0) is 9.47 Å². The van der Waals surface area contributed by atoms with Crippen molar-refractivity contribution in [3.8, 4) is 0 Å². The molecular formula is C17H32N2O2. The van der Waals surface area contributed by atoms with Crippen LogP contribution in [0.1, 0.15) is 57.8 Å². The van der Waals surface area contributed by atoms with Crippen molar-refractivity contribution in [3.05, 3.63) is 0 Å². The van der Waals surface area contributed by atoms with Crippen molar-refractivity contribution in [2.45, 2.75) is 76.2 Å². The molecule has 2 unspecified atom stereocenters. The van der Waals surface area contributed by atoms with Crippen LogP contribution < -0.4 is 5.32 Å². The van der Waals surface area contributed by atoms with Crippen molar-refractivity contribution in [1.29, 1.82) is 0 Å². The highest BCUT2D eigenvalue weighted by Crippen LogP contribution is 2.23. The van der Waals surface area contributed by atoms with Gasteiger partial charge in [-0.3, -0.25) is 5.32 Å². The Morgan fingerprint density at radius 1 is 0.857 bits per heavy atom. The van der Waals surface area contributed by atoms with Crippen LogP contribution in [0.4, 0.5) is 0 Å². The van der Waals surface area contributed by atoms with Gasteiger partial charge in [0, 0.05) is 13.1 Å². The summed E-state index contributed by atoms with van der Waals surface area (Å²) in [5.41, 5.74) is 0. The number of nitrogens with one attached hydrogen (secondary N) is 1. The zero-order valence-corrected chi connectivity index (χ0v) is 13.4. The molecule has 0 aromatic heterocycles. The van der Waals surface area contributed by atoms with Gasteiger partial charge in [-0.25, -0.2) is 0 Å². The minimum Gasteiger partial charge on any atom is -0.374 e. The van der Waals surface area contributed by atoms with Crippen LogP contribution in [0.3, 0.4) is 0 Å². The largest absolute Gasteiger partial charge is 0.374 e. The fourth-order valence-corrected chi connectivity index (χ4v) is 3.87. The Morgan fingerprint density at radius 3 is 2.38 bits per heavy atom. The SMILES string of the molecule is C1CCC(OC2CCC(OCCN3CCCC3)NC2)CC1. The number of nitrogens with zero attached hydrogens (tertiary/aromatic N) is 1. The van der Waals surface area contributed by atoms with Gasteiger partial charge in [0.05, 0.1) is 18.8 Å². The topological polar surface area (TPSA) is 33.7 Å². The lowest BCUT2D eigenvalue weighted by Crippen LogP contribution is -2.46. The predicted molar refractivity (Wildman–Crippen MR) is 84.4 cm³/mol. The van der Waals surface area contributed by atoms with Gasteiger partial charge in [-0.15, -0.1) is 0 Å². The maximum absolute atomic E-state index is 6.24. The fraction of sp³-hybridized carbons (Fsp3) is 1.00. The van der Waals surface area contributed by atoms with E-state index < -0.39 is 0 Å². The molecule has 4 nitrogen and oxygen atoms in total. The Kier molecular flexibility index (Phi) is 6.34. The number of piperidine rings is 1. The summed E-state index contributed by atoms with van der Waals surface area (Å²) in [4.78, 5) is 2.51. The molecule has 0 bridgehead atoms. The zero-order valence-electron chi connectivity index (χ0n) is 13.4. The van der Waals surface area contributed by atoms with Crippen LogP contribution in [0.15, 0.2) is 0 Å². The molecule has 3 fully saturated rings. The van der Waals surface area contributed by atoms with Crippen LogP contribution in [-0.4, -0.2) is 56.1 Å². The average Bonchev–Trinajstić information content (AvgIpc) is 3.03. The van der Waals surface area contributed by atoms with E-state index in [0.29, 0.717) is 12.2 Å². The second-order valence-electron chi connectivity index (χ2n) is 6.91. The molecule has 122 valence electrons. The minimum absolute atomic E-state index is 0.249. The van der Waals surface area contributed by atoms with E-state index in [1.165, 1.54) is 58.0 Å². The van der Waals surface area contributed by atoms with Crippen molar-refractivity contribution in [3.63, 3.8) is 0 Å². The van der Waals surface area contributed by atoms with Gasteiger partial charge in [0.25, 0.3) is 0 Å². The predicted octanol–water partition coefficient (Wildman–Crippen LogP) is 2.53. The van der Waals surface area contributed by atoms with E-state index in [0.717, 1.165) is 32.5 Å². The molecule has 4 heteroatoms. The molecule has 0 aromatic rings. The molecule has 2 saturated heterocycles. The molecule has 3 rings (SSSR count). The Hall–Kier alpha value is -0.160. The Bertz CT molecular complexity index is 281. The molecule has 1 aliphatic carbocycles. The second kappa shape index (κ2) is 8.47. The van der Waals surface area contributed by atoms with Gasteiger partial charge in [-0.05, 0) is 51.6 Å². The lowest BCUT2D eigenvalue weighted by atomic mass is 9.97. The number of likely N-dealkylation sites (tertiary alicyclic amines) is 1. The van der Waals surface area contributed by atoms with Crippen LogP contribution in [0.2, 0.25) is 0 Å². The maximum atomic E-state index is 6.24. The van der Waals surface area contributed by atoms with Gasteiger partial charge in [0.2, 0.25) is 0 Å². The fourth-order valence-electron chi connectivity index (χ4n) is 3.87. The summed E-state index contributed by atoms with van der Waals surface area (Å²) in [5.74, 6) is 0. The van der Waals surface area contributed by atoms with Gasteiger partial charge in [-0.2, -0.15) is 0 Å². The monoisotopic (exact) mass is 296 g/mol. The van der Waals surface area contributed by atoms with Crippen LogP contribution in [0.5, 0.6) is 0 Å². The molecule has 0 aromatic carbocycles. The zero-order chi connectivity index (χ0) is 14.3. The van der Waals surface area contributed by atoms with Gasteiger partial charge in [0.15, 0.2) is 0 Å². The van der Waals surface area contributed by atoms with E-state index in [-0.39, 0.29) is 6.23 Å². The van der Waals surface area contributed by atoms with Gasteiger partial charge in [0.1, 0.15) is 6.23 Å². The molecule has 21 heavy (non-hydrogen) atoms. The standard InChI is InChI=1S/C17H32N2O2/c1-2-6-15(7-3-1)21-16-8-9-17(18-14-16)20-13-12-19-10-4-5-11-19/h15-18H,1-14H2. The first-order valence-corrected chi connectivity index (χ1v) is 9.13. The van der Waals surface area contributed by atoms with Crippen molar-refractivity contribution < 1.29 is 9.47 Å². The number of ether oxygens (including phenoxy) is 2. The van der Waals surface area contributed by atoms with E-state index in [1.54, 1.807) is 0 Å². The normalized spacial score (nSPS) is 32.6. The quantitative estimate of drug-likeness (QED) is 0.816. The summed E-state index contributed by atoms with van der Waals surface area (Å²) in [6.07, 6.45) is 12.8. The molecule has 0 spiro atoms. The first-order chi connectivity index (χ1) is 10.4.